The topological polar surface area (TPSA) is 43.8 Å². The Kier molecular flexibility index (Phi) is 2.82. The van der Waals surface area contributed by atoms with E-state index in [2.05, 4.69) is 12.0 Å². The van der Waals surface area contributed by atoms with Crippen LogP contribution in [0.25, 0.3) is 0 Å². The Bertz CT molecular complexity index is 232. The SMILES string of the molecule is CCCSc1cnn(C)c1N. The summed E-state index contributed by atoms with van der Waals surface area (Å²) in [6, 6.07) is 0. The van der Waals surface area contributed by atoms with Crippen LogP contribution in [-0.4, -0.2) is 15.5 Å². The summed E-state index contributed by atoms with van der Waals surface area (Å²) < 4.78 is 1.69. The van der Waals surface area contributed by atoms with E-state index in [1.54, 1.807) is 16.4 Å². The average molecular weight is 171 g/mol. The third-order valence-corrected chi connectivity index (χ3v) is 2.65. The third-order valence-electron chi connectivity index (χ3n) is 1.41. The Hall–Kier alpha value is -0.640. The van der Waals surface area contributed by atoms with Crippen molar-refractivity contribution in [2.45, 2.75) is 18.2 Å². The molecule has 1 aromatic rings. The molecule has 0 aromatic carbocycles. The summed E-state index contributed by atoms with van der Waals surface area (Å²) in [4.78, 5) is 1.09. The summed E-state index contributed by atoms with van der Waals surface area (Å²) in [7, 11) is 1.85. The molecule has 1 aromatic heterocycles. The molecule has 0 radical (unpaired) electrons. The van der Waals surface area contributed by atoms with Crippen molar-refractivity contribution in [2.24, 2.45) is 7.05 Å². The maximum absolute atomic E-state index is 5.72. The molecule has 1 rings (SSSR count). The number of anilines is 1. The first-order chi connectivity index (χ1) is 5.25. The van der Waals surface area contributed by atoms with Crippen LogP contribution in [0.5, 0.6) is 0 Å². The molecule has 4 heteroatoms. The van der Waals surface area contributed by atoms with Crippen LogP contribution in [-0.2, 0) is 7.05 Å². The first kappa shape index (κ1) is 8.46. The van der Waals surface area contributed by atoms with Gasteiger partial charge < -0.3 is 5.73 Å². The number of aryl methyl sites for hydroxylation is 1. The number of nitrogen functional groups attached to an aromatic ring is 1. The first-order valence-electron chi connectivity index (χ1n) is 3.66. The van der Waals surface area contributed by atoms with Crippen LogP contribution in [0.3, 0.4) is 0 Å². The maximum atomic E-state index is 5.72. The van der Waals surface area contributed by atoms with Gasteiger partial charge in [0.25, 0.3) is 0 Å². The number of nitrogens with two attached hydrogens (primary N) is 1. The number of nitrogens with zero attached hydrogens (tertiary/aromatic N) is 2. The minimum absolute atomic E-state index is 0.767. The van der Waals surface area contributed by atoms with E-state index in [1.165, 1.54) is 6.42 Å². The van der Waals surface area contributed by atoms with Crippen LogP contribution in [0, 0.1) is 0 Å². The molecule has 0 aliphatic heterocycles. The number of aromatic nitrogens is 2. The predicted octanol–water partition coefficient (Wildman–Crippen LogP) is 1.50. The van der Waals surface area contributed by atoms with E-state index >= 15 is 0 Å². The molecule has 0 amide bonds. The Labute approximate surface area is 71.0 Å². The largest absolute Gasteiger partial charge is 0.383 e. The fourth-order valence-corrected chi connectivity index (χ4v) is 1.58. The molecule has 1 heterocycles. The second-order valence-electron chi connectivity index (χ2n) is 2.37. The standard InChI is InChI=1S/C7H13N3S/c1-3-4-11-6-5-9-10(2)7(6)8/h5H,3-4,8H2,1-2H3. The van der Waals surface area contributed by atoms with Gasteiger partial charge in [0.05, 0.1) is 11.1 Å². The molecule has 0 aliphatic rings. The molecule has 0 unspecified atom stereocenters. The lowest BCUT2D eigenvalue weighted by Crippen LogP contribution is -1.97. The lowest BCUT2D eigenvalue weighted by Gasteiger charge is -1.97. The van der Waals surface area contributed by atoms with E-state index in [0.29, 0.717) is 0 Å². The van der Waals surface area contributed by atoms with Crippen LogP contribution in [0.1, 0.15) is 13.3 Å². The van der Waals surface area contributed by atoms with Crippen molar-refractivity contribution in [2.75, 3.05) is 11.5 Å². The zero-order chi connectivity index (χ0) is 8.27. The van der Waals surface area contributed by atoms with E-state index < -0.39 is 0 Å². The summed E-state index contributed by atoms with van der Waals surface area (Å²) in [5, 5.41) is 4.04. The zero-order valence-electron chi connectivity index (χ0n) is 6.87. The number of thioether (sulfide) groups is 1. The van der Waals surface area contributed by atoms with Crippen molar-refractivity contribution in [1.29, 1.82) is 0 Å². The molecular weight excluding hydrogens is 158 g/mol. The van der Waals surface area contributed by atoms with Crippen LogP contribution in [0.2, 0.25) is 0 Å². The molecule has 0 atom stereocenters. The molecule has 0 saturated heterocycles. The van der Waals surface area contributed by atoms with Crippen LogP contribution < -0.4 is 5.73 Å². The quantitative estimate of drug-likeness (QED) is 0.701. The van der Waals surface area contributed by atoms with E-state index in [-0.39, 0.29) is 0 Å². The van der Waals surface area contributed by atoms with Gasteiger partial charge in [-0.05, 0) is 12.2 Å². The van der Waals surface area contributed by atoms with E-state index in [9.17, 15) is 0 Å². The van der Waals surface area contributed by atoms with Gasteiger partial charge in [-0.15, -0.1) is 11.8 Å². The zero-order valence-corrected chi connectivity index (χ0v) is 7.69. The van der Waals surface area contributed by atoms with Crippen molar-refractivity contribution in [1.82, 2.24) is 9.78 Å². The molecule has 2 N–H and O–H groups in total. The van der Waals surface area contributed by atoms with Crippen molar-refractivity contribution >= 4 is 17.6 Å². The van der Waals surface area contributed by atoms with Gasteiger partial charge in [0, 0.05) is 7.05 Å². The Morgan fingerprint density at radius 2 is 2.45 bits per heavy atom. The van der Waals surface area contributed by atoms with Crippen molar-refractivity contribution in [3.8, 4) is 0 Å². The van der Waals surface area contributed by atoms with Gasteiger partial charge >= 0.3 is 0 Å². The van der Waals surface area contributed by atoms with Gasteiger partial charge in [-0.3, -0.25) is 4.68 Å². The highest BCUT2D eigenvalue weighted by molar-refractivity contribution is 7.99. The Balaban J connectivity index is 2.63. The minimum atomic E-state index is 0.767. The molecule has 0 bridgehead atoms. The van der Waals surface area contributed by atoms with Gasteiger partial charge in [0.15, 0.2) is 0 Å². The molecule has 0 fully saturated rings. The van der Waals surface area contributed by atoms with E-state index in [4.69, 9.17) is 5.73 Å². The summed E-state index contributed by atoms with van der Waals surface area (Å²) in [6.07, 6.45) is 2.98. The molecule has 0 spiro atoms. The number of rotatable bonds is 3. The van der Waals surface area contributed by atoms with Crippen LogP contribution in [0.15, 0.2) is 11.1 Å². The molecular formula is C7H13N3S. The monoisotopic (exact) mass is 171 g/mol. The van der Waals surface area contributed by atoms with Gasteiger partial charge in [-0.1, -0.05) is 6.92 Å². The fraction of sp³-hybridized carbons (Fsp3) is 0.571. The lowest BCUT2D eigenvalue weighted by molar-refractivity contribution is 0.778. The minimum Gasteiger partial charge on any atom is -0.383 e. The first-order valence-corrected chi connectivity index (χ1v) is 4.64. The summed E-state index contributed by atoms with van der Waals surface area (Å²) in [5.74, 6) is 1.87. The lowest BCUT2D eigenvalue weighted by atomic mass is 10.6. The van der Waals surface area contributed by atoms with Gasteiger partial charge in [-0.25, -0.2) is 0 Å². The molecule has 0 saturated carbocycles. The molecule has 62 valence electrons. The summed E-state index contributed by atoms with van der Waals surface area (Å²) in [6.45, 7) is 2.15. The Morgan fingerprint density at radius 1 is 1.73 bits per heavy atom. The van der Waals surface area contributed by atoms with Gasteiger partial charge in [0.2, 0.25) is 0 Å². The van der Waals surface area contributed by atoms with Crippen LogP contribution in [0.4, 0.5) is 5.82 Å². The summed E-state index contributed by atoms with van der Waals surface area (Å²) >= 11 is 1.76. The second kappa shape index (κ2) is 3.67. The number of hydrogen-bond donors (Lipinski definition) is 1. The van der Waals surface area contributed by atoms with Gasteiger partial charge in [0.1, 0.15) is 5.82 Å². The second-order valence-corrected chi connectivity index (χ2v) is 3.50. The third kappa shape index (κ3) is 1.89. The molecule has 3 nitrogen and oxygen atoms in total. The van der Waals surface area contributed by atoms with Gasteiger partial charge in [-0.2, -0.15) is 5.10 Å². The van der Waals surface area contributed by atoms with Crippen molar-refractivity contribution < 1.29 is 0 Å². The highest BCUT2D eigenvalue weighted by Gasteiger charge is 2.02. The van der Waals surface area contributed by atoms with E-state index in [1.807, 2.05) is 13.2 Å². The van der Waals surface area contributed by atoms with Crippen molar-refractivity contribution in [3.05, 3.63) is 6.20 Å². The Morgan fingerprint density at radius 3 is 2.91 bits per heavy atom. The maximum Gasteiger partial charge on any atom is 0.135 e. The average Bonchev–Trinajstić information content (AvgIpc) is 2.31. The fourth-order valence-electron chi connectivity index (χ4n) is 0.750. The normalized spacial score (nSPS) is 10.4. The number of hydrogen-bond acceptors (Lipinski definition) is 3. The highest BCUT2D eigenvalue weighted by Crippen LogP contribution is 2.23. The smallest absolute Gasteiger partial charge is 0.135 e. The van der Waals surface area contributed by atoms with Crippen LogP contribution >= 0.6 is 11.8 Å². The predicted molar refractivity (Wildman–Crippen MR) is 48.6 cm³/mol. The van der Waals surface area contributed by atoms with Crippen molar-refractivity contribution in [3.63, 3.8) is 0 Å². The highest BCUT2D eigenvalue weighted by atomic mass is 32.2. The molecule has 11 heavy (non-hydrogen) atoms. The van der Waals surface area contributed by atoms with E-state index in [0.717, 1.165) is 16.5 Å². The summed E-state index contributed by atoms with van der Waals surface area (Å²) in [5.41, 5.74) is 5.72. The molecule has 0 aliphatic carbocycles.